The van der Waals surface area contributed by atoms with Gasteiger partial charge in [0.15, 0.2) is 0 Å². The zero-order valence-electron chi connectivity index (χ0n) is 10.6. The maximum absolute atomic E-state index is 12.0. The van der Waals surface area contributed by atoms with E-state index in [2.05, 4.69) is 10.1 Å². The Morgan fingerprint density at radius 1 is 1.38 bits per heavy atom. The fourth-order valence-corrected chi connectivity index (χ4v) is 1.83. The van der Waals surface area contributed by atoms with Gasteiger partial charge in [-0.2, -0.15) is 0 Å². The molecule has 1 aliphatic carbocycles. The quantitative estimate of drug-likeness (QED) is 0.665. The zero-order chi connectivity index (χ0) is 15.6. The summed E-state index contributed by atoms with van der Waals surface area (Å²) in [6.45, 7) is 0.0894. The Hall–Kier alpha value is -2.32. The van der Waals surface area contributed by atoms with Gasteiger partial charge in [0.1, 0.15) is 11.7 Å². The maximum Gasteiger partial charge on any atom is 0.573 e. The minimum atomic E-state index is -4.75. The highest BCUT2D eigenvalue weighted by Crippen LogP contribution is 2.33. The number of carbonyl (C=O) groups excluding carboxylic acids is 1. The second-order valence-corrected chi connectivity index (χ2v) is 4.60. The van der Waals surface area contributed by atoms with Gasteiger partial charge in [0, 0.05) is 17.9 Å². The van der Waals surface area contributed by atoms with Crippen molar-refractivity contribution in [3.8, 4) is 5.75 Å². The fraction of sp³-hybridized carbons (Fsp3) is 0.417. The summed E-state index contributed by atoms with van der Waals surface area (Å²) in [6.07, 6.45) is -4.53. The molecule has 0 aliphatic heterocycles. The summed E-state index contributed by atoms with van der Waals surface area (Å²) in [6, 6.07) is 4.18. The Morgan fingerprint density at radius 2 is 2.00 bits per heavy atom. The number of ether oxygens (including phenoxy) is 1. The summed E-state index contributed by atoms with van der Waals surface area (Å²) in [5, 5.41) is 12.9. The van der Waals surface area contributed by atoms with Crippen molar-refractivity contribution in [2.75, 3.05) is 0 Å². The van der Waals surface area contributed by atoms with Gasteiger partial charge in [-0.25, -0.2) is 0 Å². The van der Waals surface area contributed by atoms with Gasteiger partial charge < -0.3 is 10.1 Å². The van der Waals surface area contributed by atoms with Crippen molar-refractivity contribution >= 4 is 5.91 Å². The number of nitrogens with zero attached hydrogens (tertiary/aromatic N) is 1. The number of amides is 1. The van der Waals surface area contributed by atoms with Crippen molar-refractivity contribution in [3.63, 3.8) is 0 Å². The predicted molar refractivity (Wildman–Crippen MR) is 63.9 cm³/mol. The van der Waals surface area contributed by atoms with Gasteiger partial charge in [-0.15, -0.1) is 13.2 Å². The second-order valence-electron chi connectivity index (χ2n) is 4.60. The van der Waals surface area contributed by atoms with E-state index < -0.39 is 29.2 Å². The van der Waals surface area contributed by atoms with Crippen LogP contribution in [0.5, 0.6) is 5.75 Å². The molecule has 0 aromatic heterocycles. The van der Waals surface area contributed by atoms with Crippen molar-refractivity contribution < 1.29 is 27.6 Å². The third kappa shape index (κ3) is 4.33. The summed E-state index contributed by atoms with van der Waals surface area (Å²) in [5.74, 6) is -1.40. The minimum Gasteiger partial charge on any atom is -0.406 e. The largest absolute Gasteiger partial charge is 0.573 e. The Balaban J connectivity index is 1.82. The number of hydrogen-bond acceptors (Lipinski definition) is 4. The van der Waals surface area contributed by atoms with Gasteiger partial charge in [0.05, 0.1) is 0 Å². The molecule has 21 heavy (non-hydrogen) atoms. The molecule has 0 saturated heterocycles. The van der Waals surface area contributed by atoms with Crippen LogP contribution in [0.4, 0.5) is 13.2 Å². The van der Waals surface area contributed by atoms with E-state index in [1.54, 1.807) is 0 Å². The lowest BCUT2D eigenvalue weighted by atomic mass is 10.2. The summed E-state index contributed by atoms with van der Waals surface area (Å²) < 4.78 is 39.6. The third-order valence-corrected chi connectivity index (χ3v) is 2.99. The summed E-state index contributed by atoms with van der Waals surface area (Å²) in [4.78, 5) is 21.5. The van der Waals surface area contributed by atoms with Gasteiger partial charge in [0.2, 0.25) is 11.9 Å². The maximum atomic E-state index is 12.0. The second kappa shape index (κ2) is 5.58. The van der Waals surface area contributed by atoms with E-state index in [0.717, 1.165) is 12.1 Å². The Bertz CT molecular complexity index is 544. The average Bonchev–Trinajstić information content (AvgIpc) is 3.16. The molecule has 0 spiro atoms. The lowest BCUT2D eigenvalue weighted by Crippen LogP contribution is -2.26. The zero-order valence-corrected chi connectivity index (χ0v) is 10.6. The van der Waals surface area contributed by atoms with E-state index >= 15 is 0 Å². The highest BCUT2D eigenvalue weighted by Gasteiger charge is 2.53. The van der Waals surface area contributed by atoms with Gasteiger partial charge in [-0.3, -0.25) is 14.9 Å². The molecular weight excluding hydrogens is 293 g/mol. The van der Waals surface area contributed by atoms with E-state index in [1.165, 1.54) is 12.1 Å². The van der Waals surface area contributed by atoms with Gasteiger partial charge in [-0.05, 0) is 17.7 Å². The van der Waals surface area contributed by atoms with Crippen LogP contribution in [0, 0.1) is 16.0 Å². The fourth-order valence-electron chi connectivity index (χ4n) is 1.83. The third-order valence-electron chi connectivity index (χ3n) is 2.99. The van der Waals surface area contributed by atoms with E-state index in [-0.39, 0.29) is 18.7 Å². The highest BCUT2D eigenvalue weighted by molar-refractivity contribution is 5.81. The molecule has 0 radical (unpaired) electrons. The first-order chi connectivity index (χ1) is 9.76. The molecule has 1 amide bonds. The lowest BCUT2D eigenvalue weighted by molar-refractivity contribution is -0.497. The molecular formula is C12H11F3N2O4. The van der Waals surface area contributed by atoms with Crippen LogP contribution < -0.4 is 10.1 Å². The lowest BCUT2D eigenvalue weighted by Gasteiger charge is -2.09. The first-order valence-electron chi connectivity index (χ1n) is 6.02. The molecule has 0 bridgehead atoms. The highest BCUT2D eigenvalue weighted by atomic mass is 19.4. The van der Waals surface area contributed by atoms with Gasteiger partial charge in [0.25, 0.3) is 0 Å². The minimum absolute atomic E-state index is 0.0894. The first kappa shape index (κ1) is 15.1. The van der Waals surface area contributed by atoms with Crippen molar-refractivity contribution in [3.05, 3.63) is 39.9 Å². The number of alkyl halides is 3. The van der Waals surface area contributed by atoms with Crippen LogP contribution in [0.25, 0.3) is 0 Å². The Morgan fingerprint density at radius 3 is 2.48 bits per heavy atom. The first-order valence-corrected chi connectivity index (χ1v) is 6.02. The molecule has 0 heterocycles. The van der Waals surface area contributed by atoms with Crippen LogP contribution in [-0.4, -0.2) is 23.2 Å². The molecule has 2 atom stereocenters. The Kier molecular flexibility index (Phi) is 4.01. The van der Waals surface area contributed by atoms with Crippen LogP contribution in [0.2, 0.25) is 0 Å². The van der Waals surface area contributed by atoms with Crippen LogP contribution >= 0.6 is 0 Å². The van der Waals surface area contributed by atoms with Crippen LogP contribution in [-0.2, 0) is 11.3 Å². The van der Waals surface area contributed by atoms with Crippen LogP contribution in [0.15, 0.2) is 24.3 Å². The molecule has 6 nitrogen and oxygen atoms in total. The number of nitrogens with one attached hydrogen (secondary N) is 1. The van der Waals surface area contributed by atoms with E-state index in [0.29, 0.717) is 5.56 Å². The molecule has 114 valence electrons. The van der Waals surface area contributed by atoms with E-state index in [9.17, 15) is 28.1 Å². The van der Waals surface area contributed by atoms with Crippen LogP contribution in [0.3, 0.4) is 0 Å². The molecule has 1 aromatic carbocycles. The molecule has 1 saturated carbocycles. The smallest absolute Gasteiger partial charge is 0.406 e. The van der Waals surface area contributed by atoms with Crippen molar-refractivity contribution in [2.24, 2.45) is 5.92 Å². The molecule has 1 fully saturated rings. The van der Waals surface area contributed by atoms with E-state index in [4.69, 9.17) is 0 Å². The number of hydrogen-bond donors (Lipinski definition) is 1. The average molecular weight is 304 g/mol. The number of carbonyl (C=O) groups is 1. The monoisotopic (exact) mass is 304 g/mol. The number of nitro groups is 1. The molecule has 1 N–H and O–H groups in total. The topological polar surface area (TPSA) is 81.5 Å². The van der Waals surface area contributed by atoms with Crippen LogP contribution in [0.1, 0.15) is 12.0 Å². The summed E-state index contributed by atoms with van der Waals surface area (Å²) >= 11 is 0. The molecule has 1 aromatic rings. The molecule has 9 heteroatoms. The number of benzene rings is 1. The predicted octanol–water partition coefficient (Wildman–Crippen LogP) is 1.87. The standard InChI is InChI=1S/C12H11F3N2O4/c13-12(14,15)21-8-3-1-7(2-4-8)6-16-11(18)9-5-10(9)17(19)20/h1-4,9-10H,5-6H2,(H,16,18)/t9-,10-/m1/s1. The molecule has 1 aliphatic rings. The Labute approximate surface area is 117 Å². The summed E-state index contributed by atoms with van der Waals surface area (Å²) in [5.41, 5.74) is 0.566. The van der Waals surface area contributed by atoms with E-state index in [1.807, 2.05) is 0 Å². The van der Waals surface area contributed by atoms with Gasteiger partial charge >= 0.3 is 6.36 Å². The van der Waals surface area contributed by atoms with Crippen molar-refractivity contribution in [1.29, 1.82) is 0 Å². The SMILES string of the molecule is O=C(NCc1ccc(OC(F)(F)F)cc1)[C@@H]1C[C@H]1[N+](=O)[O-]. The molecule has 2 rings (SSSR count). The van der Waals surface area contributed by atoms with Crippen molar-refractivity contribution in [1.82, 2.24) is 5.32 Å². The number of rotatable bonds is 5. The summed E-state index contributed by atoms with van der Waals surface area (Å²) in [7, 11) is 0. The number of halogens is 3. The van der Waals surface area contributed by atoms with Crippen molar-refractivity contribution in [2.45, 2.75) is 25.4 Å². The van der Waals surface area contributed by atoms with Gasteiger partial charge in [-0.1, -0.05) is 12.1 Å². The normalized spacial score (nSPS) is 20.7. The molecule has 0 unspecified atom stereocenters.